The van der Waals surface area contributed by atoms with E-state index in [0.29, 0.717) is 6.61 Å². The average molecular weight is 215 g/mol. The van der Waals surface area contributed by atoms with Gasteiger partial charge in [0.25, 0.3) is 0 Å². The van der Waals surface area contributed by atoms with Crippen molar-refractivity contribution in [2.45, 2.75) is 25.8 Å². The Hall–Kier alpha value is -0.490. The maximum atomic E-state index is 5.43. The van der Waals surface area contributed by atoms with E-state index in [0.717, 1.165) is 19.4 Å². The number of hydrazine groups is 1. The standard InChI is InChI=1S/C9H17N3OS/c1-2-3-13-6-8(12-10)4-9-5-11-7-14-9/h5,7-8,12H,2-4,6,10H2,1H3. The van der Waals surface area contributed by atoms with Gasteiger partial charge >= 0.3 is 0 Å². The molecule has 0 radical (unpaired) electrons. The second kappa shape index (κ2) is 6.89. The molecular formula is C9H17N3OS. The smallest absolute Gasteiger partial charge is 0.0794 e. The predicted octanol–water partition coefficient (Wildman–Crippen LogP) is 0.944. The van der Waals surface area contributed by atoms with Crippen molar-refractivity contribution in [2.75, 3.05) is 13.2 Å². The highest BCUT2D eigenvalue weighted by molar-refractivity contribution is 7.09. The zero-order chi connectivity index (χ0) is 10.2. The van der Waals surface area contributed by atoms with Crippen LogP contribution in [0.15, 0.2) is 11.7 Å². The van der Waals surface area contributed by atoms with Gasteiger partial charge in [-0.25, -0.2) is 0 Å². The van der Waals surface area contributed by atoms with E-state index in [-0.39, 0.29) is 6.04 Å². The van der Waals surface area contributed by atoms with Crippen LogP contribution in [0.1, 0.15) is 18.2 Å². The van der Waals surface area contributed by atoms with E-state index >= 15 is 0 Å². The van der Waals surface area contributed by atoms with Crippen LogP contribution in [0.2, 0.25) is 0 Å². The predicted molar refractivity (Wildman–Crippen MR) is 58.0 cm³/mol. The number of nitrogens with zero attached hydrogens (tertiary/aromatic N) is 1. The first-order chi connectivity index (χ1) is 6.86. The van der Waals surface area contributed by atoms with Gasteiger partial charge in [-0.3, -0.25) is 16.3 Å². The van der Waals surface area contributed by atoms with Gasteiger partial charge in [0.1, 0.15) is 0 Å². The van der Waals surface area contributed by atoms with Gasteiger partial charge in [-0.2, -0.15) is 0 Å². The first-order valence-corrected chi connectivity index (χ1v) is 5.66. The SMILES string of the molecule is CCCOCC(Cc1cncs1)NN. The minimum absolute atomic E-state index is 0.182. The van der Waals surface area contributed by atoms with Gasteiger partial charge < -0.3 is 4.74 Å². The molecule has 0 aliphatic rings. The average Bonchev–Trinajstić information content (AvgIpc) is 2.69. The molecule has 0 aromatic carbocycles. The normalized spacial score (nSPS) is 13.0. The summed E-state index contributed by atoms with van der Waals surface area (Å²) in [6, 6.07) is 0.182. The topological polar surface area (TPSA) is 60.2 Å². The van der Waals surface area contributed by atoms with E-state index in [1.807, 2.05) is 11.7 Å². The lowest BCUT2D eigenvalue weighted by Gasteiger charge is -2.14. The molecule has 0 saturated heterocycles. The third-order valence-corrected chi connectivity index (χ3v) is 2.64. The van der Waals surface area contributed by atoms with Crippen LogP contribution in [0.4, 0.5) is 0 Å². The molecule has 1 atom stereocenters. The zero-order valence-electron chi connectivity index (χ0n) is 8.40. The minimum Gasteiger partial charge on any atom is -0.380 e. The fraction of sp³-hybridized carbons (Fsp3) is 0.667. The van der Waals surface area contributed by atoms with Crippen molar-refractivity contribution in [3.8, 4) is 0 Å². The van der Waals surface area contributed by atoms with Crippen molar-refractivity contribution < 1.29 is 4.74 Å². The van der Waals surface area contributed by atoms with E-state index in [4.69, 9.17) is 10.6 Å². The molecule has 1 aromatic rings. The molecule has 0 amide bonds. The molecule has 0 aliphatic carbocycles. The van der Waals surface area contributed by atoms with Gasteiger partial charge in [0.2, 0.25) is 0 Å². The van der Waals surface area contributed by atoms with Gasteiger partial charge in [0.15, 0.2) is 0 Å². The maximum Gasteiger partial charge on any atom is 0.0794 e. The molecule has 0 fully saturated rings. The Labute approximate surface area is 88.5 Å². The monoisotopic (exact) mass is 215 g/mol. The fourth-order valence-electron chi connectivity index (χ4n) is 1.12. The number of aromatic nitrogens is 1. The Morgan fingerprint density at radius 2 is 2.57 bits per heavy atom. The summed E-state index contributed by atoms with van der Waals surface area (Å²) in [5.41, 5.74) is 4.58. The number of rotatable bonds is 7. The largest absolute Gasteiger partial charge is 0.380 e. The highest BCUT2D eigenvalue weighted by Crippen LogP contribution is 2.08. The molecule has 0 bridgehead atoms. The molecule has 5 heteroatoms. The van der Waals surface area contributed by atoms with Crippen molar-refractivity contribution in [1.29, 1.82) is 0 Å². The van der Waals surface area contributed by atoms with Gasteiger partial charge in [-0.05, 0) is 6.42 Å². The molecule has 4 nitrogen and oxygen atoms in total. The summed E-state index contributed by atoms with van der Waals surface area (Å²) >= 11 is 1.64. The lowest BCUT2D eigenvalue weighted by Crippen LogP contribution is -2.40. The van der Waals surface area contributed by atoms with Crippen LogP contribution in [0.25, 0.3) is 0 Å². The summed E-state index contributed by atoms with van der Waals surface area (Å²) in [5.74, 6) is 5.43. The molecule has 1 unspecified atom stereocenters. The molecule has 80 valence electrons. The first kappa shape index (κ1) is 11.6. The summed E-state index contributed by atoms with van der Waals surface area (Å²) in [4.78, 5) is 5.24. The number of thiazole rings is 1. The minimum atomic E-state index is 0.182. The lowest BCUT2D eigenvalue weighted by atomic mass is 10.2. The first-order valence-electron chi connectivity index (χ1n) is 4.78. The van der Waals surface area contributed by atoms with Crippen LogP contribution in [0.5, 0.6) is 0 Å². The Morgan fingerprint density at radius 3 is 3.14 bits per heavy atom. The number of nitrogens with two attached hydrogens (primary N) is 1. The second-order valence-corrected chi connectivity index (χ2v) is 4.08. The molecule has 1 heterocycles. The Morgan fingerprint density at radius 1 is 1.71 bits per heavy atom. The summed E-state index contributed by atoms with van der Waals surface area (Å²) < 4.78 is 5.43. The molecule has 0 aliphatic heterocycles. The van der Waals surface area contributed by atoms with Crippen molar-refractivity contribution in [2.24, 2.45) is 5.84 Å². The van der Waals surface area contributed by atoms with E-state index in [1.165, 1.54) is 4.88 Å². The summed E-state index contributed by atoms with van der Waals surface area (Å²) in [5, 5.41) is 0. The quantitative estimate of drug-likeness (QED) is 0.404. The molecular weight excluding hydrogens is 198 g/mol. The number of hydrogen-bond acceptors (Lipinski definition) is 5. The Balaban J connectivity index is 2.24. The third kappa shape index (κ3) is 4.15. The van der Waals surface area contributed by atoms with Gasteiger partial charge in [-0.1, -0.05) is 6.92 Å². The molecule has 1 rings (SSSR count). The number of hydrogen-bond donors (Lipinski definition) is 2. The van der Waals surface area contributed by atoms with Gasteiger partial charge in [0, 0.05) is 30.1 Å². The third-order valence-electron chi connectivity index (χ3n) is 1.83. The van der Waals surface area contributed by atoms with Crippen molar-refractivity contribution >= 4 is 11.3 Å². The summed E-state index contributed by atoms with van der Waals surface area (Å²) in [6.45, 7) is 3.54. The highest BCUT2D eigenvalue weighted by atomic mass is 32.1. The van der Waals surface area contributed by atoms with Gasteiger partial charge in [0.05, 0.1) is 12.1 Å². The van der Waals surface area contributed by atoms with Crippen molar-refractivity contribution in [1.82, 2.24) is 10.4 Å². The molecule has 3 N–H and O–H groups in total. The van der Waals surface area contributed by atoms with Crippen LogP contribution >= 0.6 is 11.3 Å². The molecule has 1 aromatic heterocycles. The van der Waals surface area contributed by atoms with E-state index in [1.54, 1.807) is 11.3 Å². The Kier molecular flexibility index (Phi) is 5.70. The van der Waals surface area contributed by atoms with Crippen molar-refractivity contribution in [3.63, 3.8) is 0 Å². The van der Waals surface area contributed by atoms with Crippen LogP contribution in [-0.2, 0) is 11.2 Å². The molecule has 0 saturated carbocycles. The fourth-order valence-corrected chi connectivity index (χ4v) is 1.80. The van der Waals surface area contributed by atoms with Crippen LogP contribution in [0, 0.1) is 0 Å². The zero-order valence-corrected chi connectivity index (χ0v) is 9.22. The van der Waals surface area contributed by atoms with Crippen molar-refractivity contribution in [3.05, 3.63) is 16.6 Å². The van der Waals surface area contributed by atoms with E-state index in [2.05, 4.69) is 17.3 Å². The summed E-state index contributed by atoms with van der Waals surface area (Å²) in [6.07, 6.45) is 3.79. The summed E-state index contributed by atoms with van der Waals surface area (Å²) in [7, 11) is 0. The lowest BCUT2D eigenvalue weighted by molar-refractivity contribution is 0.112. The molecule has 14 heavy (non-hydrogen) atoms. The van der Waals surface area contributed by atoms with Gasteiger partial charge in [-0.15, -0.1) is 11.3 Å². The number of nitrogens with one attached hydrogen (secondary N) is 1. The molecule has 0 spiro atoms. The highest BCUT2D eigenvalue weighted by Gasteiger charge is 2.08. The Bertz CT molecular complexity index is 228. The van der Waals surface area contributed by atoms with E-state index in [9.17, 15) is 0 Å². The van der Waals surface area contributed by atoms with Crippen LogP contribution < -0.4 is 11.3 Å². The maximum absolute atomic E-state index is 5.43. The van der Waals surface area contributed by atoms with Crippen LogP contribution in [-0.4, -0.2) is 24.2 Å². The van der Waals surface area contributed by atoms with E-state index < -0.39 is 0 Å². The number of ether oxygens (including phenoxy) is 1. The van der Waals surface area contributed by atoms with Crippen LogP contribution in [0.3, 0.4) is 0 Å². The second-order valence-electron chi connectivity index (χ2n) is 3.11.